The van der Waals surface area contributed by atoms with Crippen LogP contribution < -0.4 is 0 Å². The first-order valence-corrected chi connectivity index (χ1v) is 7.75. The third-order valence-electron chi connectivity index (χ3n) is 5.26. The Labute approximate surface area is 123 Å². The molecule has 1 aromatic rings. The summed E-state index contributed by atoms with van der Waals surface area (Å²) in [5, 5.41) is 0. The van der Waals surface area contributed by atoms with E-state index in [2.05, 4.69) is 0 Å². The van der Waals surface area contributed by atoms with E-state index in [9.17, 15) is 9.59 Å². The maximum Gasteiger partial charge on any atom is 0.164 e. The molecule has 4 unspecified atom stereocenters. The molecule has 4 atom stereocenters. The first-order chi connectivity index (χ1) is 10.3. The second kappa shape index (κ2) is 4.83. The van der Waals surface area contributed by atoms with Gasteiger partial charge in [0.1, 0.15) is 11.5 Å². The minimum atomic E-state index is -0.216. The van der Waals surface area contributed by atoms with Crippen molar-refractivity contribution in [1.82, 2.24) is 0 Å². The molecule has 0 N–H and O–H groups in total. The number of hydrogen-bond acceptors (Lipinski definition) is 3. The zero-order chi connectivity index (χ0) is 14.4. The Morgan fingerprint density at radius 3 is 2.81 bits per heavy atom. The first kappa shape index (κ1) is 12.8. The number of carbonyl (C=O) groups excluding carboxylic acids is 2. The smallest absolute Gasteiger partial charge is 0.164 e. The second-order valence-corrected chi connectivity index (χ2v) is 6.29. The van der Waals surface area contributed by atoms with Gasteiger partial charge in [-0.3, -0.25) is 9.59 Å². The molecule has 21 heavy (non-hydrogen) atoms. The summed E-state index contributed by atoms with van der Waals surface area (Å²) in [4.78, 5) is 25.7. The van der Waals surface area contributed by atoms with Crippen molar-refractivity contribution in [3.63, 3.8) is 0 Å². The summed E-state index contributed by atoms with van der Waals surface area (Å²) in [5.41, 5.74) is 0.724. The predicted octanol–water partition coefficient (Wildman–Crippen LogP) is 3.43. The van der Waals surface area contributed by atoms with Gasteiger partial charge in [0.05, 0.1) is 6.26 Å². The molecule has 0 amide bonds. The number of ketones is 2. The standard InChI is InChI=1S/C18H18O3/c19-17-11-5-1-2-6-12(11)18(20)16-13(7-3-8-14(16)17)15-9-4-10-21-15/h1-2,4,6,9-11,13-14,16H,3,5,7-8H2. The number of carbonyl (C=O) groups is 2. The summed E-state index contributed by atoms with van der Waals surface area (Å²) in [7, 11) is 0. The van der Waals surface area contributed by atoms with Gasteiger partial charge in [0, 0.05) is 29.2 Å². The fraction of sp³-hybridized carbons (Fsp3) is 0.444. The molecular formula is C18H18O3. The Bertz CT molecular complexity index is 635. The summed E-state index contributed by atoms with van der Waals surface area (Å²) >= 11 is 0. The molecule has 2 saturated carbocycles. The van der Waals surface area contributed by atoms with Crippen molar-refractivity contribution >= 4 is 11.6 Å². The van der Waals surface area contributed by atoms with Crippen molar-refractivity contribution in [3.05, 3.63) is 48.0 Å². The molecule has 0 bridgehead atoms. The molecule has 3 heteroatoms. The lowest BCUT2D eigenvalue weighted by molar-refractivity contribution is -0.140. The van der Waals surface area contributed by atoms with Gasteiger partial charge in [-0.15, -0.1) is 0 Å². The average molecular weight is 282 g/mol. The minimum Gasteiger partial charge on any atom is -0.469 e. The Morgan fingerprint density at radius 2 is 2.00 bits per heavy atom. The minimum absolute atomic E-state index is 0.0583. The van der Waals surface area contributed by atoms with Crippen molar-refractivity contribution in [2.75, 3.05) is 0 Å². The fourth-order valence-corrected chi connectivity index (χ4v) is 4.31. The molecule has 4 rings (SSSR count). The molecule has 0 aromatic carbocycles. The Morgan fingerprint density at radius 1 is 1.14 bits per heavy atom. The molecule has 0 spiro atoms. The lowest BCUT2D eigenvalue weighted by Gasteiger charge is -2.42. The summed E-state index contributed by atoms with van der Waals surface area (Å²) in [5.74, 6) is 0.834. The van der Waals surface area contributed by atoms with E-state index in [1.54, 1.807) is 6.26 Å². The highest BCUT2D eigenvalue weighted by Crippen LogP contribution is 2.49. The highest BCUT2D eigenvalue weighted by Gasteiger charge is 2.51. The van der Waals surface area contributed by atoms with Crippen LogP contribution in [0.4, 0.5) is 0 Å². The molecule has 3 aliphatic rings. The van der Waals surface area contributed by atoms with E-state index in [0.29, 0.717) is 6.42 Å². The first-order valence-electron chi connectivity index (χ1n) is 7.75. The summed E-state index contributed by atoms with van der Waals surface area (Å²) < 4.78 is 5.54. The molecule has 108 valence electrons. The molecule has 1 aromatic heterocycles. The maximum absolute atomic E-state index is 12.9. The molecule has 0 saturated heterocycles. The molecule has 0 aliphatic heterocycles. The van der Waals surface area contributed by atoms with Crippen LogP contribution in [0.1, 0.15) is 37.4 Å². The number of allylic oxidation sites excluding steroid dienone is 4. The largest absolute Gasteiger partial charge is 0.469 e. The van der Waals surface area contributed by atoms with Crippen molar-refractivity contribution in [1.29, 1.82) is 0 Å². The second-order valence-electron chi connectivity index (χ2n) is 6.29. The molecule has 3 aliphatic carbocycles. The Kier molecular flexibility index (Phi) is 2.95. The van der Waals surface area contributed by atoms with Gasteiger partial charge in [-0.05, 0) is 31.4 Å². The zero-order valence-corrected chi connectivity index (χ0v) is 11.8. The van der Waals surface area contributed by atoms with Crippen LogP contribution >= 0.6 is 0 Å². The molecule has 1 heterocycles. The van der Waals surface area contributed by atoms with E-state index in [1.165, 1.54) is 0 Å². The third-order valence-corrected chi connectivity index (χ3v) is 5.26. The summed E-state index contributed by atoms with van der Waals surface area (Å²) in [6, 6.07) is 3.80. The van der Waals surface area contributed by atoms with Crippen LogP contribution in [0.15, 0.2) is 46.6 Å². The van der Waals surface area contributed by atoms with Crippen LogP contribution in [0.3, 0.4) is 0 Å². The predicted molar refractivity (Wildman–Crippen MR) is 77.6 cm³/mol. The zero-order valence-electron chi connectivity index (χ0n) is 11.8. The van der Waals surface area contributed by atoms with Crippen molar-refractivity contribution in [2.24, 2.45) is 17.8 Å². The third kappa shape index (κ3) is 1.87. The Hall–Kier alpha value is -1.90. The highest BCUT2D eigenvalue weighted by molar-refractivity contribution is 6.10. The van der Waals surface area contributed by atoms with E-state index in [4.69, 9.17) is 4.42 Å². The van der Waals surface area contributed by atoms with Crippen LogP contribution in [-0.4, -0.2) is 11.6 Å². The van der Waals surface area contributed by atoms with Gasteiger partial charge >= 0.3 is 0 Å². The maximum atomic E-state index is 12.9. The van der Waals surface area contributed by atoms with Crippen molar-refractivity contribution in [2.45, 2.75) is 31.6 Å². The van der Waals surface area contributed by atoms with Gasteiger partial charge in [-0.2, -0.15) is 0 Å². The van der Waals surface area contributed by atoms with Gasteiger partial charge in [0.15, 0.2) is 5.78 Å². The van der Waals surface area contributed by atoms with E-state index < -0.39 is 0 Å². The lowest BCUT2D eigenvalue weighted by Crippen LogP contribution is -2.47. The Balaban J connectivity index is 1.76. The molecule has 2 fully saturated rings. The number of hydrogen-bond donors (Lipinski definition) is 0. The van der Waals surface area contributed by atoms with E-state index in [-0.39, 0.29) is 35.2 Å². The van der Waals surface area contributed by atoms with Crippen LogP contribution in [0.5, 0.6) is 0 Å². The van der Waals surface area contributed by atoms with Crippen LogP contribution in [0.2, 0.25) is 0 Å². The summed E-state index contributed by atoms with van der Waals surface area (Å²) in [6.45, 7) is 0. The lowest BCUT2D eigenvalue weighted by atomic mass is 9.59. The SMILES string of the molecule is O=C1C2CC=CC=C2C(=O)C2C1CCCC2c1ccco1. The number of Topliss-reactive ketones (excluding diaryl/α,β-unsaturated/α-hetero) is 2. The quantitative estimate of drug-likeness (QED) is 0.792. The normalized spacial score (nSPS) is 35.1. The van der Waals surface area contributed by atoms with Gasteiger partial charge < -0.3 is 4.42 Å². The molecular weight excluding hydrogens is 264 g/mol. The van der Waals surface area contributed by atoms with Crippen LogP contribution in [-0.2, 0) is 9.59 Å². The van der Waals surface area contributed by atoms with Crippen molar-refractivity contribution < 1.29 is 14.0 Å². The average Bonchev–Trinajstić information content (AvgIpc) is 3.06. The van der Waals surface area contributed by atoms with Crippen LogP contribution in [0.25, 0.3) is 0 Å². The van der Waals surface area contributed by atoms with Gasteiger partial charge in [-0.1, -0.05) is 24.6 Å². The number of fused-ring (bicyclic) bond motifs is 2. The van der Waals surface area contributed by atoms with E-state index in [1.807, 2.05) is 30.4 Å². The van der Waals surface area contributed by atoms with Gasteiger partial charge in [0.25, 0.3) is 0 Å². The molecule has 3 nitrogen and oxygen atoms in total. The monoisotopic (exact) mass is 282 g/mol. The fourth-order valence-electron chi connectivity index (χ4n) is 4.31. The number of furan rings is 1. The molecule has 0 radical (unpaired) electrons. The van der Waals surface area contributed by atoms with Crippen LogP contribution in [0, 0.1) is 17.8 Å². The summed E-state index contributed by atoms with van der Waals surface area (Å²) in [6.07, 6.45) is 10.9. The van der Waals surface area contributed by atoms with Gasteiger partial charge in [-0.25, -0.2) is 0 Å². The topological polar surface area (TPSA) is 47.3 Å². The van der Waals surface area contributed by atoms with Gasteiger partial charge in [0.2, 0.25) is 0 Å². The van der Waals surface area contributed by atoms with E-state index >= 15 is 0 Å². The number of rotatable bonds is 1. The van der Waals surface area contributed by atoms with E-state index in [0.717, 1.165) is 30.6 Å². The highest BCUT2D eigenvalue weighted by atomic mass is 16.3. The van der Waals surface area contributed by atoms with Crippen molar-refractivity contribution in [3.8, 4) is 0 Å².